The summed E-state index contributed by atoms with van der Waals surface area (Å²) in [5, 5.41) is 0. The van der Waals surface area contributed by atoms with Crippen molar-refractivity contribution in [2.24, 2.45) is 0 Å². The molecule has 0 saturated carbocycles. The zero-order valence-corrected chi connectivity index (χ0v) is 58.0. The van der Waals surface area contributed by atoms with Crippen LogP contribution in [0.2, 0.25) is 0 Å². The molecular formula is C69H40F16Ir4N6-4. The van der Waals surface area contributed by atoms with Gasteiger partial charge in [-0.3, -0.25) is 22.5 Å². The van der Waals surface area contributed by atoms with E-state index in [1.807, 2.05) is 109 Å². The molecule has 6 aromatic carbocycles. The molecule has 5 heterocycles. The Kier molecular flexibility index (Phi) is 28.5. The largest absolute Gasteiger partial charge is 0.416 e. The molecule has 0 fully saturated rings. The Hall–Kier alpha value is -7.96. The molecule has 4 radical (unpaired) electrons. The van der Waals surface area contributed by atoms with Gasteiger partial charge in [0.2, 0.25) is 0 Å². The third-order valence-electron chi connectivity index (χ3n) is 13.0. The SMILES string of the molecule is Cc1ccc(-c2[c-]c(C)c(F)c(-c3cc(C(F)(F)F)cc(C(F)(F)F)c3)c2F)nc1.Cc1ccnc(-c2[c-]c(C(F)(F)F)c(F)c(C(F)(F)F)c2F)c1.[C-]#[N+]c1cccc(-c2cc[c-]c(-c3ccccn3)c2)c1.[Ir].[Ir].[Ir].[Ir].[c-]1ccc(-c2cccnc2)cc1-c1ccccn1. The molecule has 6 nitrogen and oxygen atoms in total. The van der Waals surface area contributed by atoms with Crippen LogP contribution in [0.3, 0.4) is 0 Å². The van der Waals surface area contributed by atoms with Crippen LogP contribution in [0.15, 0.2) is 189 Å². The van der Waals surface area contributed by atoms with E-state index in [1.165, 1.54) is 38.2 Å². The van der Waals surface area contributed by atoms with Gasteiger partial charge in [-0.25, -0.2) is 4.85 Å². The third kappa shape index (κ3) is 20.5. The van der Waals surface area contributed by atoms with Crippen molar-refractivity contribution in [3.05, 3.63) is 287 Å². The van der Waals surface area contributed by atoms with Gasteiger partial charge in [-0.1, -0.05) is 108 Å². The Morgan fingerprint density at radius 3 is 1.43 bits per heavy atom. The van der Waals surface area contributed by atoms with E-state index in [0.717, 1.165) is 62.6 Å². The summed E-state index contributed by atoms with van der Waals surface area (Å²) in [5.41, 5.74) is -2.67. The molecule has 0 atom stereocenters. The van der Waals surface area contributed by atoms with Crippen LogP contribution in [0.4, 0.5) is 75.9 Å². The fourth-order valence-corrected chi connectivity index (χ4v) is 8.65. The molecule has 11 rings (SSSR count). The van der Waals surface area contributed by atoms with Crippen LogP contribution in [0, 0.1) is 74.9 Å². The first-order chi connectivity index (χ1) is 43.0. The summed E-state index contributed by atoms with van der Waals surface area (Å²) in [7, 11) is 0. The number of halogens is 16. The van der Waals surface area contributed by atoms with Gasteiger partial charge in [-0.15, -0.1) is 77.4 Å². The average molecular weight is 2030 g/mol. The zero-order valence-electron chi connectivity index (χ0n) is 48.5. The van der Waals surface area contributed by atoms with Gasteiger partial charge in [0.25, 0.3) is 0 Å². The van der Waals surface area contributed by atoms with Gasteiger partial charge in [0.15, 0.2) is 5.69 Å². The van der Waals surface area contributed by atoms with E-state index in [4.69, 9.17) is 6.57 Å². The number of rotatable bonds is 7. The predicted molar refractivity (Wildman–Crippen MR) is 308 cm³/mol. The van der Waals surface area contributed by atoms with E-state index in [0.29, 0.717) is 11.3 Å². The van der Waals surface area contributed by atoms with Crippen molar-refractivity contribution in [1.29, 1.82) is 0 Å². The monoisotopic (exact) mass is 2030 g/mol. The van der Waals surface area contributed by atoms with Gasteiger partial charge in [-0.05, 0) is 107 Å². The van der Waals surface area contributed by atoms with Gasteiger partial charge >= 0.3 is 24.7 Å². The Morgan fingerprint density at radius 1 is 0.400 bits per heavy atom. The summed E-state index contributed by atoms with van der Waals surface area (Å²) in [4.78, 5) is 23.8. The maximum Gasteiger partial charge on any atom is 0.416 e. The Bertz CT molecular complexity index is 4310. The Morgan fingerprint density at radius 2 is 0.947 bits per heavy atom. The fourth-order valence-electron chi connectivity index (χ4n) is 8.65. The van der Waals surface area contributed by atoms with E-state index >= 15 is 4.39 Å². The summed E-state index contributed by atoms with van der Waals surface area (Å²) in [6.07, 6.45) is -11.8. The van der Waals surface area contributed by atoms with Crippen molar-refractivity contribution >= 4 is 5.69 Å². The predicted octanol–water partition coefficient (Wildman–Crippen LogP) is 20.7. The van der Waals surface area contributed by atoms with Crippen molar-refractivity contribution < 1.29 is 151 Å². The quantitative estimate of drug-likeness (QED) is 0.117. The van der Waals surface area contributed by atoms with Crippen molar-refractivity contribution in [1.82, 2.24) is 24.9 Å². The Balaban J connectivity index is 0.000000270. The van der Waals surface area contributed by atoms with E-state index in [1.54, 1.807) is 31.6 Å². The van der Waals surface area contributed by atoms with Crippen LogP contribution in [0.1, 0.15) is 38.9 Å². The minimum Gasteiger partial charge on any atom is -0.305 e. The summed E-state index contributed by atoms with van der Waals surface area (Å²) in [6.45, 7) is 11.4. The van der Waals surface area contributed by atoms with E-state index in [2.05, 4.69) is 54.0 Å². The van der Waals surface area contributed by atoms with Crippen LogP contribution < -0.4 is 0 Å². The maximum atomic E-state index is 15.2. The van der Waals surface area contributed by atoms with Gasteiger partial charge in [0, 0.05) is 135 Å². The number of aromatic nitrogens is 5. The molecule has 0 aliphatic heterocycles. The Labute approximate surface area is 587 Å². The number of benzene rings is 6. The van der Waals surface area contributed by atoms with E-state index in [-0.39, 0.29) is 115 Å². The molecule has 0 spiro atoms. The standard InChI is InChI=1S/C21H12F8N.C18H11N2.C16H11N2.C14H6F8N.4Ir/c1-10-3-4-16(30-9-10)15-5-11(2)18(22)17(19(15)23)12-6-13(20(24,25)26)8-14(7-12)21(27,28)29;1-19-17-9-5-7-15(13-17)14-6-4-8-16(12-14)18-10-2-3-11-20-18;1-2-10-18-16(8-1)14-6-3-5-13(11-14)15-7-4-9-17-12-15;1-6-2-3-23-9(4-6)7-5-8(13(17,18)19)12(16)10(11(7)15)14(20,21)22;;;;/h3-4,6-9H,1-2H3;2-7,9-13H;1-5,7-12H;2-4H,1H3;;;;/q4*-1;;;;. The van der Waals surface area contributed by atoms with Crippen molar-refractivity contribution in [3.8, 4) is 78.4 Å². The second-order valence-corrected chi connectivity index (χ2v) is 19.6. The number of aryl methyl sites for hydroxylation is 3. The van der Waals surface area contributed by atoms with Crippen LogP contribution >= 0.6 is 0 Å². The summed E-state index contributed by atoms with van der Waals surface area (Å²) < 4.78 is 213. The molecule has 0 aliphatic rings. The molecule has 0 aliphatic carbocycles. The normalized spacial score (nSPS) is 11.0. The summed E-state index contributed by atoms with van der Waals surface area (Å²) in [6, 6.07) is 51.3. The number of nitrogens with zero attached hydrogens (tertiary/aromatic N) is 6. The van der Waals surface area contributed by atoms with Gasteiger partial charge in [0.05, 0.1) is 35.2 Å². The molecule has 5 aromatic heterocycles. The smallest absolute Gasteiger partial charge is 0.305 e. The molecule has 0 saturated heterocycles. The van der Waals surface area contributed by atoms with Crippen molar-refractivity contribution in [2.75, 3.05) is 0 Å². The first kappa shape index (κ1) is 79.5. The molecule has 26 heteroatoms. The first-order valence-corrected chi connectivity index (χ1v) is 26.4. The van der Waals surface area contributed by atoms with Crippen LogP contribution in [-0.4, -0.2) is 24.9 Å². The van der Waals surface area contributed by atoms with Crippen LogP contribution in [0.25, 0.3) is 83.3 Å². The summed E-state index contributed by atoms with van der Waals surface area (Å²) in [5.74, 6) is -7.61. The fraction of sp³-hybridized carbons (Fsp3) is 0.101. The minimum absolute atomic E-state index is 0. The third-order valence-corrected chi connectivity index (χ3v) is 13.0. The molecule has 11 aromatic rings. The molecule has 0 bridgehead atoms. The second kappa shape index (κ2) is 34.1. The second-order valence-electron chi connectivity index (χ2n) is 19.6. The van der Waals surface area contributed by atoms with Crippen molar-refractivity contribution in [3.63, 3.8) is 0 Å². The molecule has 0 amide bonds. The van der Waals surface area contributed by atoms with Gasteiger partial charge in [-0.2, -0.15) is 52.7 Å². The minimum atomic E-state index is -5.65. The summed E-state index contributed by atoms with van der Waals surface area (Å²) >= 11 is 0. The molecule has 0 unspecified atom stereocenters. The van der Waals surface area contributed by atoms with Crippen molar-refractivity contribution in [2.45, 2.75) is 45.5 Å². The molecular weight excluding hydrogens is 1990 g/mol. The van der Waals surface area contributed by atoms with Gasteiger partial charge < -0.3 is 19.9 Å². The van der Waals surface area contributed by atoms with E-state index in [9.17, 15) is 65.9 Å². The molecule has 95 heavy (non-hydrogen) atoms. The van der Waals surface area contributed by atoms with Gasteiger partial charge in [0.1, 0.15) is 0 Å². The van der Waals surface area contributed by atoms with E-state index < -0.39 is 92.6 Å². The first-order valence-electron chi connectivity index (χ1n) is 26.4. The maximum absolute atomic E-state index is 15.2. The zero-order chi connectivity index (χ0) is 66.0. The van der Waals surface area contributed by atoms with Crippen LogP contribution in [-0.2, 0) is 105 Å². The average Bonchev–Trinajstić information content (AvgIpc) is 0.765. The van der Waals surface area contributed by atoms with Crippen LogP contribution in [0.5, 0.6) is 0 Å². The molecule has 498 valence electrons. The number of pyridine rings is 5. The number of hydrogen-bond donors (Lipinski definition) is 0. The number of hydrogen-bond acceptors (Lipinski definition) is 5. The number of alkyl halides is 12. The topological polar surface area (TPSA) is 68.8 Å². The molecule has 0 N–H and O–H groups in total.